The van der Waals surface area contributed by atoms with Crippen LogP contribution < -0.4 is 10.6 Å². The molecule has 0 aliphatic carbocycles. The molecule has 1 aliphatic rings. The van der Waals surface area contributed by atoms with E-state index in [1.165, 1.54) is 6.33 Å². The normalized spacial score (nSPS) is 16.6. The van der Waals surface area contributed by atoms with E-state index in [1.807, 2.05) is 10.8 Å². The van der Waals surface area contributed by atoms with Gasteiger partial charge < -0.3 is 19.9 Å². The maximum Gasteiger partial charge on any atom is 0.322 e. The van der Waals surface area contributed by atoms with Gasteiger partial charge in [0.2, 0.25) is 0 Å². The molecule has 0 saturated carbocycles. The summed E-state index contributed by atoms with van der Waals surface area (Å²) < 4.78 is 17.9. The van der Waals surface area contributed by atoms with Crippen molar-refractivity contribution in [2.45, 2.75) is 10.9 Å². The summed E-state index contributed by atoms with van der Waals surface area (Å²) in [6.07, 6.45) is 1.47. The van der Waals surface area contributed by atoms with Gasteiger partial charge in [-0.05, 0) is 0 Å². The molecule has 3 N–H and O–H groups in total. The minimum absolute atomic E-state index is 0.200. The molecule has 8 nitrogen and oxygen atoms in total. The van der Waals surface area contributed by atoms with Gasteiger partial charge in [-0.3, -0.25) is 4.98 Å². The Labute approximate surface area is 145 Å². The number of aromatic amines is 1. The van der Waals surface area contributed by atoms with Gasteiger partial charge in [-0.25, -0.2) is 9.97 Å². The predicted molar refractivity (Wildman–Crippen MR) is 93.6 cm³/mol. The third kappa shape index (κ3) is 2.93. The maximum absolute atomic E-state index is 12.6. The van der Waals surface area contributed by atoms with Crippen molar-refractivity contribution >= 4 is 45.1 Å². The number of H-pyrrole nitrogens is 1. The van der Waals surface area contributed by atoms with Gasteiger partial charge in [0.1, 0.15) is 23.2 Å². The molecular weight excluding hydrogens is 348 g/mol. The molecule has 1 fully saturated rings. The third-order valence-corrected chi connectivity index (χ3v) is 5.74. The van der Waals surface area contributed by atoms with Gasteiger partial charge in [0.15, 0.2) is 11.6 Å². The van der Waals surface area contributed by atoms with Crippen LogP contribution in [0.4, 0.5) is 11.5 Å². The molecule has 1 unspecified atom stereocenters. The summed E-state index contributed by atoms with van der Waals surface area (Å²) in [6.45, 7) is 2.76. The molecule has 1 aliphatic heterocycles. The zero-order valence-corrected chi connectivity index (χ0v) is 14.4. The van der Waals surface area contributed by atoms with Gasteiger partial charge in [-0.2, -0.15) is 4.98 Å². The van der Waals surface area contributed by atoms with Crippen LogP contribution in [0.15, 0.2) is 22.2 Å². The van der Waals surface area contributed by atoms with Crippen LogP contribution in [-0.2, 0) is 21.7 Å². The number of ether oxygens (including phenoxy) is 1. The first-order valence-corrected chi connectivity index (χ1v) is 9.71. The van der Waals surface area contributed by atoms with E-state index >= 15 is 0 Å². The van der Waals surface area contributed by atoms with E-state index in [9.17, 15) is 4.55 Å². The average Bonchev–Trinajstić information content (AvgIpc) is 3.19. The van der Waals surface area contributed by atoms with Gasteiger partial charge in [0.05, 0.1) is 18.7 Å². The first kappa shape index (κ1) is 15.6. The van der Waals surface area contributed by atoms with Crippen LogP contribution in [0.25, 0.3) is 11.0 Å². The standard InChI is InChI=1S/C14H16N6O2S2/c15-12-11(16-8-17-13(12)20-1-3-22-4-2-20)7-24(21)14-18-9-5-23-6-10(9)19-14/h5-6,8H,1-4,7,15H2,(H,18,19). The maximum atomic E-state index is 12.6. The Bertz CT molecular complexity index is 816. The van der Waals surface area contributed by atoms with Gasteiger partial charge >= 0.3 is 5.16 Å². The molecule has 4 rings (SSSR count). The molecule has 10 heteroatoms. The fourth-order valence-electron chi connectivity index (χ4n) is 2.59. The van der Waals surface area contributed by atoms with E-state index in [2.05, 4.69) is 24.8 Å². The number of imidazole rings is 1. The second-order valence-electron chi connectivity index (χ2n) is 5.36. The highest BCUT2D eigenvalue weighted by molar-refractivity contribution is 7.90. The SMILES string of the molecule is Nc1c(C[S+]([O-])c2nc3cscc3[nH]2)ncnc1N1CCOCC1. The topological polar surface area (TPSA) is 116 Å². The van der Waals surface area contributed by atoms with Gasteiger partial charge in [-0.1, -0.05) is 0 Å². The second-order valence-corrected chi connectivity index (χ2v) is 7.47. The summed E-state index contributed by atoms with van der Waals surface area (Å²) in [4.78, 5) is 18.0. The van der Waals surface area contributed by atoms with E-state index in [1.54, 1.807) is 11.3 Å². The molecule has 4 heterocycles. The number of rotatable bonds is 4. The number of fused-ring (bicyclic) bond motifs is 1. The Morgan fingerprint density at radius 3 is 2.96 bits per heavy atom. The number of morpholine rings is 1. The summed E-state index contributed by atoms with van der Waals surface area (Å²) in [5.41, 5.74) is 8.99. The molecule has 0 amide bonds. The molecule has 0 radical (unpaired) electrons. The molecular formula is C14H16N6O2S2. The molecule has 3 aromatic rings. The summed E-state index contributed by atoms with van der Waals surface area (Å²) in [7, 11) is 0. The Kier molecular flexibility index (Phi) is 4.27. The number of nitrogen functional groups attached to an aromatic ring is 1. The van der Waals surface area contributed by atoms with Gasteiger partial charge in [-0.15, -0.1) is 11.3 Å². The van der Waals surface area contributed by atoms with Gasteiger partial charge in [0.25, 0.3) is 0 Å². The lowest BCUT2D eigenvalue weighted by atomic mass is 10.3. The number of hydrogen-bond donors (Lipinski definition) is 2. The average molecular weight is 364 g/mol. The van der Waals surface area contributed by atoms with Gasteiger partial charge in [0, 0.05) is 35.0 Å². The van der Waals surface area contributed by atoms with Crippen molar-refractivity contribution in [1.29, 1.82) is 0 Å². The molecule has 0 spiro atoms. The summed E-state index contributed by atoms with van der Waals surface area (Å²) in [6, 6.07) is 0. The molecule has 0 bridgehead atoms. The van der Waals surface area contributed by atoms with Crippen molar-refractivity contribution in [3.8, 4) is 0 Å². The molecule has 1 saturated heterocycles. The van der Waals surface area contributed by atoms with Crippen molar-refractivity contribution < 1.29 is 9.29 Å². The number of nitrogens with zero attached hydrogens (tertiary/aromatic N) is 4. The van der Waals surface area contributed by atoms with Crippen molar-refractivity contribution in [3.63, 3.8) is 0 Å². The Morgan fingerprint density at radius 1 is 1.33 bits per heavy atom. The van der Waals surface area contributed by atoms with Crippen LogP contribution in [-0.4, -0.2) is 50.8 Å². The summed E-state index contributed by atoms with van der Waals surface area (Å²) >= 11 is 0.211. The van der Waals surface area contributed by atoms with Crippen LogP contribution in [0.5, 0.6) is 0 Å². The lowest BCUT2D eigenvalue weighted by Crippen LogP contribution is -2.37. The van der Waals surface area contributed by atoms with Crippen molar-refractivity contribution in [2.75, 3.05) is 36.9 Å². The van der Waals surface area contributed by atoms with E-state index in [0.29, 0.717) is 35.6 Å². The highest BCUT2D eigenvalue weighted by Crippen LogP contribution is 2.26. The largest absolute Gasteiger partial charge is 0.609 e. The minimum atomic E-state index is -1.34. The highest BCUT2D eigenvalue weighted by Gasteiger charge is 2.23. The fourth-order valence-corrected chi connectivity index (χ4v) is 4.32. The minimum Gasteiger partial charge on any atom is -0.609 e. The number of nitrogens with one attached hydrogen (secondary N) is 1. The van der Waals surface area contributed by atoms with E-state index in [0.717, 1.165) is 24.1 Å². The fraction of sp³-hybridized carbons (Fsp3) is 0.357. The summed E-state index contributed by atoms with van der Waals surface area (Å²) in [5.74, 6) is 0.880. The first-order chi connectivity index (χ1) is 11.7. The Hall–Kier alpha value is -1.88. The molecule has 24 heavy (non-hydrogen) atoms. The monoisotopic (exact) mass is 364 g/mol. The van der Waals surface area contributed by atoms with Crippen LogP contribution in [0.2, 0.25) is 0 Å². The molecule has 1 atom stereocenters. The van der Waals surface area contributed by atoms with E-state index < -0.39 is 11.2 Å². The molecule has 0 aromatic carbocycles. The third-order valence-electron chi connectivity index (χ3n) is 3.84. The quantitative estimate of drug-likeness (QED) is 0.667. The zero-order chi connectivity index (χ0) is 16.5. The van der Waals surface area contributed by atoms with Crippen LogP contribution >= 0.6 is 11.3 Å². The zero-order valence-electron chi connectivity index (χ0n) is 12.8. The second kappa shape index (κ2) is 6.55. The number of anilines is 2. The predicted octanol–water partition coefficient (Wildman–Crippen LogP) is 1.14. The molecule has 126 valence electrons. The van der Waals surface area contributed by atoms with E-state index in [-0.39, 0.29) is 5.75 Å². The number of thiophene rings is 1. The van der Waals surface area contributed by atoms with E-state index in [4.69, 9.17) is 10.5 Å². The Balaban J connectivity index is 1.56. The highest BCUT2D eigenvalue weighted by atomic mass is 32.2. The van der Waals surface area contributed by atoms with Crippen LogP contribution in [0.1, 0.15) is 5.69 Å². The first-order valence-electron chi connectivity index (χ1n) is 7.44. The van der Waals surface area contributed by atoms with Crippen molar-refractivity contribution in [2.24, 2.45) is 0 Å². The van der Waals surface area contributed by atoms with Crippen molar-refractivity contribution in [1.82, 2.24) is 19.9 Å². The summed E-state index contributed by atoms with van der Waals surface area (Å²) in [5, 5.41) is 4.31. The van der Waals surface area contributed by atoms with Crippen LogP contribution in [0.3, 0.4) is 0 Å². The molecule has 3 aromatic heterocycles. The van der Waals surface area contributed by atoms with Crippen molar-refractivity contribution in [3.05, 3.63) is 22.8 Å². The lowest BCUT2D eigenvalue weighted by molar-refractivity contribution is 0.122. The van der Waals surface area contributed by atoms with Crippen LogP contribution in [0, 0.1) is 0 Å². The number of hydrogen-bond acceptors (Lipinski definition) is 8. The smallest absolute Gasteiger partial charge is 0.322 e. The number of nitrogens with two attached hydrogens (primary N) is 1. The lowest BCUT2D eigenvalue weighted by Gasteiger charge is -2.28. The number of aromatic nitrogens is 4. The Morgan fingerprint density at radius 2 is 2.17 bits per heavy atom.